The molecular formula is C19H19N3O4S. The molecule has 0 aromatic heterocycles. The first-order chi connectivity index (χ1) is 12.9. The molecule has 1 aliphatic rings. The summed E-state index contributed by atoms with van der Waals surface area (Å²) in [6, 6.07) is 12.3. The Labute approximate surface area is 158 Å². The average Bonchev–Trinajstić information content (AvgIpc) is 3.22. The van der Waals surface area contributed by atoms with Crippen molar-refractivity contribution in [2.24, 2.45) is 0 Å². The van der Waals surface area contributed by atoms with Gasteiger partial charge >= 0.3 is 0 Å². The third-order valence-corrected chi connectivity index (χ3v) is 5.76. The molecule has 1 saturated heterocycles. The molecule has 1 aliphatic heterocycles. The van der Waals surface area contributed by atoms with Crippen molar-refractivity contribution in [3.05, 3.63) is 53.6 Å². The van der Waals surface area contributed by atoms with Gasteiger partial charge in [-0.2, -0.15) is 5.26 Å². The maximum absolute atomic E-state index is 12.6. The number of anilines is 1. The summed E-state index contributed by atoms with van der Waals surface area (Å²) in [6.07, 6.45) is 2.02. The van der Waals surface area contributed by atoms with E-state index < -0.39 is 10.0 Å². The molecule has 0 aliphatic carbocycles. The number of nitriles is 1. The molecule has 0 bridgehead atoms. The van der Waals surface area contributed by atoms with Crippen LogP contribution >= 0.6 is 0 Å². The van der Waals surface area contributed by atoms with Gasteiger partial charge in [-0.25, -0.2) is 8.42 Å². The second-order valence-corrected chi connectivity index (χ2v) is 7.84. The molecule has 0 radical (unpaired) electrons. The van der Waals surface area contributed by atoms with Crippen molar-refractivity contribution < 1.29 is 17.9 Å². The third-order valence-electron chi connectivity index (χ3n) is 4.38. The highest BCUT2D eigenvalue weighted by molar-refractivity contribution is 7.92. The summed E-state index contributed by atoms with van der Waals surface area (Å²) in [4.78, 5) is 14.1. The molecule has 27 heavy (non-hydrogen) atoms. The van der Waals surface area contributed by atoms with Gasteiger partial charge in [0.15, 0.2) is 0 Å². The number of sulfonamides is 1. The Balaban J connectivity index is 1.78. The molecule has 0 saturated carbocycles. The normalized spacial score (nSPS) is 13.9. The molecule has 0 atom stereocenters. The first-order valence-corrected chi connectivity index (χ1v) is 9.93. The lowest BCUT2D eigenvalue weighted by molar-refractivity contribution is 0.0793. The standard InChI is InChI=1S/C19H19N3O4S/c1-26-18-9-8-17(12-15(18)13-20)27(24,25)21-16-6-4-14(5-7-16)19(23)22-10-2-3-11-22/h4-9,12,21H,2-3,10-11H2,1H3. The second kappa shape index (κ2) is 7.68. The van der Waals surface area contributed by atoms with Crippen LogP contribution in [0.4, 0.5) is 5.69 Å². The zero-order valence-electron chi connectivity index (χ0n) is 14.8. The van der Waals surface area contributed by atoms with Gasteiger partial charge in [0.25, 0.3) is 15.9 Å². The Morgan fingerprint density at radius 2 is 1.81 bits per heavy atom. The monoisotopic (exact) mass is 385 g/mol. The van der Waals surface area contributed by atoms with Crippen LogP contribution in [-0.4, -0.2) is 39.4 Å². The van der Waals surface area contributed by atoms with Crippen molar-refractivity contribution >= 4 is 21.6 Å². The molecule has 1 amide bonds. The highest BCUT2D eigenvalue weighted by atomic mass is 32.2. The summed E-state index contributed by atoms with van der Waals surface area (Å²) in [5, 5.41) is 9.12. The van der Waals surface area contributed by atoms with Gasteiger partial charge in [-0.3, -0.25) is 9.52 Å². The van der Waals surface area contributed by atoms with Crippen molar-refractivity contribution in [3.63, 3.8) is 0 Å². The molecule has 0 spiro atoms. The number of hydrogen-bond acceptors (Lipinski definition) is 5. The predicted molar refractivity (Wildman–Crippen MR) is 100 cm³/mol. The summed E-state index contributed by atoms with van der Waals surface area (Å²) in [5.74, 6) is 0.261. The van der Waals surface area contributed by atoms with Crippen LogP contribution in [0.3, 0.4) is 0 Å². The number of ether oxygens (including phenoxy) is 1. The summed E-state index contributed by atoms with van der Waals surface area (Å²) in [7, 11) is -2.46. The number of carbonyl (C=O) groups excluding carboxylic acids is 1. The minimum atomic E-state index is -3.87. The number of nitrogens with one attached hydrogen (secondary N) is 1. The molecule has 1 heterocycles. The van der Waals surface area contributed by atoms with Gasteiger partial charge in [-0.05, 0) is 55.3 Å². The molecule has 8 heteroatoms. The maximum atomic E-state index is 12.6. The molecule has 3 rings (SSSR count). The van der Waals surface area contributed by atoms with Crippen LogP contribution in [0, 0.1) is 11.3 Å². The number of amides is 1. The van der Waals surface area contributed by atoms with Crippen LogP contribution in [0.5, 0.6) is 5.75 Å². The van der Waals surface area contributed by atoms with Gasteiger partial charge in [-0.1, -0.05) is 0 Å². The van der Waals surface area contributed by atoms with Crippen LogP contribution in [0.25, 0.3) is 0 Å². The number of methoxy groups -OCH3 is 1. The molecule has 7 nitrogen and oxygen atoms in total. The molecule has 1 N–H and O–H groups in total. The Morgan fingerprint density at radius 3 is 2.41 bits per heavy atom. The number of benzene rings is 2. The Bertz CT molecular complexity index is 989. The Hall–Kier alpha value is -3.05. The maximum Gasteiger partial charge on any atom is 0.261 e. The minimum Gasteiger partial charge on any atom is -0.495 e. The topological polar surface area (TPSA) is 99.5 Å². The highest BCUT2D eigenvalue weighted by Crippen LogP contribution is 2.24. The zero-order chi connectivity index (χ0) is 19.4. The Morgan fingerprint density at radius 1 is 1.15 bits per heavy atom. The minimum absolute atomic E-state index is 0.0444. The number of carbonyl (C=O) groups is 1. The van der Waals surface area contributed by atoms with Crippen LogP contribution < -0.4 is 9.46 Å². The lowest BCUT2D eigenvalue weighted by Crippen LogP contribution is -2.27. The lowest BCUT2D eigenvalue weighted by Gasteiger charge is -2.15. The fourth-order valence-corrected chi connectivity index (χ4v) is 4.02. The summed E-state index contributed by atoms with van der Waals surface area (Å²) in [5.41, 5.74) is 0.991. The van der Waals surface area contributed by atoms with E-state index >= 15 is 0 Å². The van der Waals surface area contributed by atoms with E-state index in [0.717, 1.165) is 25.9 Å². The molecule has 2 aromatic rings. The predicted octanol–water partition coefficient (Wildman–Crippen LogP) is 2.60. The fraction of sp³-hybridized carbons (Fsp3) is 0.263. The number of nitrogens with zero attached hydrogens (tertiary/aromatic N) is 2. The van der Waals surface area contributed by atoms with Gasteiger partial charge in [0.2, 0.25) is 0 Å². The van der Waals surface area contributed by atoms with E-state index in [1.165, 1.54) is 25.3 Å². The molecule has 0 unspecified atom stereocenters. The van der Waals surface area contributed by atoms with Crippen LogP contribution in [-0.2, 0) is 10.0 Å². The summed E-state index contributed by atoms with van der Waals surface area (Å²) >= 11 is 0. The SMILES string of the molecule is COc1ccc(S(=O)(=O)Nc2ccc(C(=O)N3CCCC3)cc2)cc1C#N. The lowest BCUT2D eigenvalue weighted by atomic mass is 10.2. The van der Waals surface area contributed by atoms with E-state index in [9.17, 15) is 13.2 Å². The van der Waals surface area contributed by atoms with Crippen LogP contribution in [0.15, 0.2) is 47.4 Å². The van der Waals surface area contributed by atoms with Crippen molar-refractivity contribution in [3.8, 4) is 11.8 Å². The van der Waals surface area contributed by atoms with Gasteiger partial charge < -0.3 is 9.64 Å². The van der Waals surface area contributed by atoms with E-state index in [2.05, 4.69) is 4.72 Å². The van der Waals surface area contributed by atoms with Crippen molar-refractivity contribution in [2.75, 3.05) is 24.9 Å². The van der Waals surface area contributed by atoms with Crippen molar-refractivity contribution in [1.82, 2.24) is 4.90 Å². The fourth-order valence-electron chi connectivity index (χ4n) is 2.94. The van der Waals surface area contributed by atoms with Crippen LogP contribution in [0.1, 0.15) is 28.8 Å². The third kappa shape index (κ3) is 4.04. The van der Waals surface area contributed by atoms with Gasteiger partial charge in [0, 0.05) is 24.3 Å². The van der Waals surface area contributed by atoms with Crippen molar-refractivity contribution in [1.29, 1.82) is 5.26 Å². The Kier molecular flexibility index (Phi) is 5.33. The molecule has 2 aromatic carbocycles. The zero-order valence-corrected chi connectivity index (χ0v) is 15.6. The summed E-state index contributed by atoms with van der Waals surface area (Å²) in [6.45, 7) is 1.51. The van der Waals surface area contributed by atoms with Crippen molar-refractivity contribution in [2.45, 2.75) is 17.7 Å². The van der Waals surface area contributed by atoms with Gasteiger partial charge in [0.1, 0.15) is 11.8 Å². The van der Waals surface area contributed by atoms with E-state index in [4.69, 9.17) is 10.00 Å². The van der Waals surface area contributed by atoms with E-state index in [0.29, 0.717) is 17.0 Å². The average molecular weight is 385 g/mol. The number of likely N-dealkylation sites (tertiary alicyclic amines) is 1. The second-order valence-electron chi connectivity index (χ2n) is 6.16. The largest absolute Gasteiger partial charge is 0.495 e. The highest BCUT2D eigenvalue weighted by Gasteiger charge is 2.20. The quantitative estimate of drug-likeness (QED) is 0.853. The molecule has 1 fully saturated rings. The first-order valence-electron chi connectivity index (χ1n) is 8.45. The number of rotatable bonds is 5. The van der Waals surface area contributed by atoms with Gasteiger partial charge in [0.05, 0.1) is 17.6 Å². The smallest absolute Gasteiger partial charge is 0.261 e. The van der Waals surface area contributed by atoms with E-state index in [1.54, 1.807) is 29.2 Å². The first kappa shape index (κ1) is 18.7. The number of hydrogen-bond donors (Lipinski definition) is 1. The molecular weight excluding hydrogens is 366 g/mol. The summed E-state index contributed by atoms with van der Waals surface area (Å²) < 4.78 is 32.6. The van der Waals surface area contributed by atoms with E-state index in [1.807, 2.05) is 6.07 Å². The van der Waals surface area contributed by atoms with Gasteiger partial charge in [-0.15, -0.1) is 0 Å². The van der Waals surface area contributed by atoms with E-state index in [-0.39, 0.29) is 16.4 Å². The molecule has 140 valence electrons. The van der Waals surface area contributed by atoms with Crippen LogP contribution in [0.2, 0.25) is 0 Å².